The standard InChI is InChI=1S/C16H21N7O/c1-11(2)23-9-14(18-20-23)16(24)4-6-21(10-16)15-13-8-12(3)19-22(13)7-5-17-15/h5,7-9,11,24H,4,6,10H2,1-3H3/t16-/m1/s1. The summed E-state index contributed by atoms with van der Waals surface area (Å²) >= 11 is 0. The predicted molar refractivity (Wildman–Crippen MR) is 88.9 cm³/mol. The van der Waals surface area contributed by atoms with Gasteiger partial charge in [0.05, 0.1) is 18.4 Å². The summed E-state index contributed by atoms with van der Waals surface area (Å²) in [5, 5.41) is 23.8. The van der Waals surface area contributed by atoms with E-state index in [9.17, 15) is 5.11 Å². The molecule has 0 amide bonds. The molecule has 1 aliphatic rings. The first-order valence-electron chi connectivity index (χ1n) is 8.17. The number of aromatic nitrogens is 6. The molecule has 0 unspecified atom stereocenters. The fourth-order valence-corrected chi connectivity index (χ4v) is 3.20. The second kappa shape index (κ2) is 5.27. The number of anilines is 1. The maximum absolute atomic E-state index is 11.1. The van der Waals surface area contributed by atoms with E-state index in [1.54, 1.807) is 10.9 Å². The van der Waals surface area contributed by atoms with Crippen molar-refractivity contribution in [3.8, 4) is 0 Å². The van der Waals surface area contributed by atoms with Gasteiger partial charge in [-0.05, 0) is 26.8 Å². The van der Waals surface area contributed by atoms with Crippen LogP contribution in [0.2, 0.25) is 0 Å². The first kappa shape index (κ1) is 15.1. The largest absolute Gasteiger partial charge is 0.381 e. The minimum absolute atomic E-state index is 0.220. The molecule has 0 aliphatic carbocycles. The molecule has 8 heteroatoms. The summed E-state index contributed by atoms with van der Waals surface area (Å²) in [6.07, 6.45) is 6.01. The highest BCUT2D eigenvalue weighted by molar-refractivity contribution is 5.69. The lowest BCUT2D eigenvalue weighted by Crippen LogP contribution is -2.31. The van der Waals surface area contributed by atoms with Crippen LogP contribution >= 0.6 is 0 Å². The zero-order valence-corrected chi connectivity index (χ0v) is 14.1. The molecule has 3 aromatic heterocycles. The van der Waals surface area contributed by atoms with Gasteiger partial charge >= 0.3 is 0 Å². The van der Waals surface area contributed by atoms with E-state index in [0.29, 0.717) is 25.2 Å². The molecule has 8 nitrogen and oxygen atoms in total. The second-order valence-electron chi connectivity index (χ2n) is 6.75. The van der Waals surface area contributed by atoms with Crippen LogP contribution in [-0.2, 0) is 5.60 Å². The summed E-state index contributed by atoms with van der Waals surface area (Å²) in [7, 11) is 0. The van der Waals surface area contributed by atoms with E-state index in [1.807, 2.05) is 43.7 Å². The van der Waals surface area contributed by atoms with Crippen molar-refractivity contribution in [1.82, 2.24) is 29.6 Å². The van der Waals surface area contributed by atoms with Crippen molar-refractivity contribution >= 4 is 11.3 Å². The van der Waals surface area contributed by atoms with Crippen LogP contribution in [0.1, 0.15) is 37.7 Å². The molecule has 0 radical (unpaired) electrons. The monoisotopic (exact) mass is 327 g/mol. The van der Waals surface area contributed by atoms with Gasteiger partial charge < -0.3 is 10.0 Å². The third kappa shape index (κ3) is 2.34. The van der Waals surface area contributed by atoms with Crippen molar-refractivity contribution < 1.29 is 5.11 Å². The van der Waals surface area contributed by atoms with E-state index in [4.69, 9.17) is 0 Å². The van der Waals surface area contributed by atoms with Gasteiger partial charge in [-0.3, -0.25) is 0 Å². The summed E-state index contributed by atoms with van der Waals surface area (Å²) in [5.41, 5.74) is 1.51. The summed E-state index contributed by atoms with van der Waals surface area (Å²) in [4.78, 5) is 6.60. The molecule has 0 saturated carbocycles. The fraction of sp³-hybridized carbons (Fsp3) is 0.500. The minimum Gasteiger partial charge on any atom is -0.381 e. The number of rotatable bonds is 3. The number of aryl methyl sites for hydroxylation is 1. The topological polar surface area (TPSA) is 84.4 Å². The average molecular weight is 327 g/mol. The molecule has 24 heavy (non-hydrogen) atoms. The first-order chi connectivity index (χ1) is 11.5. The smallest absolute Gasteiger partial charge is 0.154 e. The third-order valence-corrected chi connectivity index (χ3v) is 4.56. The maximum atomic E-state index is 11.1. The Kier molecular flexibility index (Phi) is 3.31. The molecule has 0 bridgehead atoms. The Hall–Kier alpha value is -2.48. The maximum Gasteiger partial charge on any atom is 0.154 e. The Morgan fingerprint density at radius 2 is 2.17 bits per heavy atom. The van der Waals surface area contributed by atoms with Gasteiger partial charge in [0.15, 0.2) is 5.82 Å². The van der Waals surface area contributed by atoms with Crippen molar-refractivity contribution in [2.75, 3.05) is 18.0 Å². The Morgan fingerprint density at radius 1 is 1.33 bits per heavy atom. The molecule has 1 fully saturated rings. The highest BCUT2D eigenvalue weighted by Gasteiger charge is 2.41. The molecule has 1 N–H and O–H groups in total. The van der Waals surface area contributed by atoms with Crippen LogP contribution in [0.15, 0.2) is 24.7 Å². The molecular weight excluding hydrogens is 306 g/mol. The van der Waals surface area contributed by atoms with Gasteiger partial charge in [0.25, 0.3) is 0 Å². The van der Waals surface area contributed by atoms with Crippen molar-refractivity contribution in [2.24, 2.45) is 0 Å². The van der Waals surface area contributed by atoms with Gasteiger partial charge in [0, 0.05) is 31.4 Å². The van der Waals surface area contributed by atoms with Gasteiger partial charge in [-0.25, -0.2) is 14.2 Å². The van der Waals surface area contributed by atoms with Gasteiger partial charge in [0.2, 0.25) is 0 Å². The van der Waals surface area contributed by atoms with Crippen LogP contribution in [0.5, 0.6) is 0 Å². The molecule has 3 aromatic rings. The Balaban J connectivity index is 1.65. The summed E-state index contributed by atoms with van der Waals surface area (Å²) in [6, 6.07) is 2.23. The fourth-order valence-electron chi connectivity index (χ4n) is 3.20. The molecule has 1 atom stereocenters. The van der Waals surface area contributed by atoms with Gasteiger partial charge in [0.1, 0.15) is 16.8 Å². The molecule has 1 aliphatic heterocycles. The zero-order chi connectivity index (χ0) is 16.9. The van der Waals surface area contributed by atoms with E-state index in [2.05, 4.69) is 25.3 Å². The SMILES string of the molecule is Cc1cc2c(N3CC[C@](O)(c4cn(C(C)C)nn4)C3)nccn2n1. The molecule has 4 rings (SSSR count). The lowest BCUT2D eigenvalue weighted by atomic mass is 10.00. The predicted octanol–water partition coefficient (Wildman–Crippen LogP) is 1.31. The van der Waals surface area contributed by atoms with E-state index >= 15 is 0 Å². The Labute approximate surface area is 139 Å². The summed E-state index contributed by atoms with van der Waals surface area (Å²) in [6.45, 7) is 7.19. The number of hydrogen-bond acceptors (Lipinski definition) is 6. The number of β-amino-alcohol motifs (C(OH)–C–C–N with tert-alkyl or cyclic N) is 1. The van der Waals surface area contributed by atoms with E-state index in [-0.39, 0.29) is 6.04 Å². The van der Waals surface area contributed by atoms with Crippen LogP contribution in [0.25, 0.3) is 5.52 Å². The highest BCUT2D eigenvalue weighted by atomic mass is 16.3. The highest BCUT2D eigenvalue weighted by Crippen LogP contribution is 2.34. The Bertz CT molecular complexity index is 884. The average Bonchev–Trinajstić information content (AvgIpc) is 3.23. The molecular formula is C16H21N7O. The van der Waals surface area contributed by atoms with Crippen molar-refractivity contribution in [3.63, 3.8) is 0 Å². The molecule has 4 heterocycles. The van der Waals surface area contributed by atoms with Crippen molar-refractivity contribution in [3.05, 3.63) is 36.0 Å². The van der Waals surface area contributed by atoms with Gasteiger partial charge in [-0.15, -0.1) is 5.10 Å². The van der Waals surface area contributed by atoms with Crippen LogP contribution in [0.4, 0.5) is 5.82 Å². The molecule has 1 saturated heterocycles. The van der Waals surface area contributed by atoms with Gasteiger partial charge in [-0.2, -0.15) is 5.10 Å². The second-order valence-corrected chi connectivity index (χ2v) is 6.75. The van der Waals surface area contributed by atoms with Gasteiger partial charge in [-0.1, -0.05) is 5.21 Å². The van der Waals surface area contributed by atoms with E-state index < -0.39 is 5.60 Å². The lowest BCUT2D eigenvalue weighted by Gasteiger charge is -2.22. The number of nitrogens with zero attached hydrogens (tertiary/aromatic N) is 7. The minimum atomic E-state index is -1.00. The summed E-state index contributed by atoms with van der Waals surface area (Å²) in [5.74, 6) is 0.838. The van der Waals surface area contributed by atoms with Crippen LogP contribution in [0, 0.1) is 6.92 Å². The van der Waals surface area contributed by atoms with Crippen molar-refractivity contribution in [1.29, 1.82) is 0 Å². The third-order valence-electron chi connectivity index (χ3n) is 4.56. The quantitative estimate of drug-likeness (QED) is 0.781. The number of fused-ring (bicyclic) bond motifs is 1. The lowest BCUT2D eigenvalue weighted by molar-refractivity contribution is 0.0559. The van der Waals surface area contributed by atoms with E-state index in [1.165, 1.54) is 0 Å². The van der Waals surface area contributed by atoms with Crippen LogP contribution in [0.3, 0.4) is 0 Å². The van der Waals surface area contributed by atoms with Crippen LogP contribution < -0.4 is 4.90 Å². The number of hydrogen-bond donors (Lipinski definition) is 1. The van der Waals surface area contributed by atoms with Crippen molar-refractivity contribution in [2.45, 2.75) is 38.8 Å². The normalized spacial score (nSPS) is 21.3. The summed E-state index contributed by atoms with van der Waals surface area (Å²) < 4.78 is 3.60. The Morgan fingerprint density at radius 3 is 2.92 bits per heavy atom. The van der Waals surface area contributed by atoms with Crippen LogP contribution in [-0.4, -0.2) is 47.8 Å². The molecule has 0 aromatic carbocycles. The number of aliphatic hydroxyl groups is 1. The molecule has 126 valence electrons. The molecule has 0 spiro atoms. The van der Waals surface area contributed by atoms with E-state index in [0.717, 1.165) is 17.0 Å². The first-order valence-corrected chi connectivity index (χ1v) is 8.17. The zero-order valence-electron chi connectivity index (χ0n) is 14.1.